The molecule has 0 aliphatic carbocycles. The summed E-state index contributed by atoms with van der Waals surface area (Å²) < 4.78 is 1.11. The predicted molar refractivity (Wildman–Crippen MR) is 82.6 cm³/mol. The minimum Gasteiger partial charge on any atom is -0.329 e. The van der Waals surface area contributed by atoms with Gasteiger partial charge in [-0.15, -0.1) is 0 Å². The standard InChI is InChI=1S/C15H25BrN2/c1-11(2)9-12(3)18(4)15(10-17)13-5-7-14(16)8-6-13/h5-8,11-12,15H,9-10,17H2,1-4H3. The molecule has 0 aromatic heterocycles. The van der Waals surface area contributed by atoms with Gasteiger partial charge in [-0.05, 0) is 44.0 Å². The Labute approximate surface area is 120 Å². The number of nitrogens with two attached hydrogens (primary N) is 1. The van der Waals surface area contributed by atoms with Crippen molar-refractivity contribution in [1.82, 2.24) is 4.90 Å². The second-order valence-corrected chi connectivity index (χ2v) is 6.36. The fourth-order valence-corrected chi connectivity index (χ4v) is 2.64. The molecule has 2 N–H and O–H groups in total. The van der Waals surface area contributed by atoms with Crippen molar-refractivity contribution < 1.29 is 0 Å². The molecule has 0 amide bonds. The van der Waals surface area contributed by atoms with Crippen molar-refractivity contribution >= 4 is 15.9 Å². The van der Waals surface area contributed by atoms with E-state index in [0.29, 0.717) is 24.5 Å². The minimum atomic E-state index is 0.298. The molecule has 0 saturated carbocycles. The molecule has 18 heavy (non-hydrogen) atoms. The van der Waals surface area contributed by atoms with Crippen LogP contribution in [0.25, 0.3) is 0 Å². The van der Waals surface area contributed by atoms with Crippen molar-refractivity contribution in [3.05, 3.63) is 34.3 Å². The predicted octanol–water partition coefficient (Wildman–Crippen LogP) is 3.82. The Hall–Kier alpha value is -0.380. The van der Waals surface area contributed by atoms with Crippen LogP contribution in [0.5, 0.6) is 0 Å². The SMILES string of the molecule is CC(C)CC(C)N(C)C(CN)c1ccc(Br)cc1. The Bertz CT molecular complexity index is 348. The second kappa shape index (κ2) is 7.27. The molecule has 0 aliphatic rings. The van der Waals surface area contributed by atoms with Crippen molar-refractivity contribution in [2.45, 2.75) is 39.3 Å². The van der Waals surface area contributed by atoms with Crippen LogP contribution in [0.4, 0.5) is 0 Å². The highest BCUT2D eigenvalue weighted by Gasteiger charge is 2.20. The van der Waals surface area contributed by atoms with Crippen molar-refractivity contribution in [3.63, 3.8) is 0 Å². The quantitative estimate of drug-likeness (QED) is 0.865. The van der Waals surface area contributed by atoms with E-state index >= 15 is 0 Å². The van der Waals surface area contributed by atoms with Gasteiger partial charge in [0.2, 0.25) is 0 Å². The minimum absolute atomic E-state index is 0.298. The van der Waals surface area contributed by atoms with Crippen molar-refractivity contribution in [3.8, 4) is 0 Å². The summed E-state index contributed by atoms with van der Waals surface area (Å²) in [4.78, 5) is 2.39. The maximum atomic E-state index is 5.96. The van der Waals surface area contributed by atoms with Crippen LogP contribution in [0.2, 0.25) is 0 Å². The fourth-order valence-electron chi connectivity index (χ4n) is 2.38. The van der Waals surface area contributed by atoms with Gasteiger partial charge in [0.05, 0.1) is 0 Å². The third-order valence-electron chi connectivity index (χ3n) is 3.48. The van der Waals surface area contributed by atoms with Gasteiger partial charge in [0.1, 0.15) is 0 Å². The molecule has 1 rings (SSSR count). The lowest BCUT2D eigenvalue weighted by molar-refractivity contribution is 0.169. The van der Waals surface area contributed by atoms with E-state index in [1.165, 1.54) is 12.0 Å². The molecule has 2 unspecified atom stereocenters. The lowest BCUT2D eigenvalue weighted by Gasteiger charge is -2.33. The van der Waals surface area contributed by atoms with Gasteiger partial charge in [-0.25, -0.2) is 0 Å². The van der Waals surface area contributed by atoms with Gasteiger partial charge >= 0.3 is 0 Å². The summed E-state index contributed by atoms with van der Waals surface area (Å²) >= 11 is 3.47. The Morgan fingerprint density at radius 3 is 2.17 bits per heavy atom. The normalized spacial score (nSPS) is 15.1. The van der Waals surface area contributed by atoms with Crippen LogP contribution in [0.15, 0.2) is 28.7 Å². The smallest absolute Gasteiger partial charge is 0.0470 e. The molecule has 0 aliphatic heterocycles. The van der Waals surface area contributed by atoms with Crippen LogP contribution in [0.1, 0.15) is 38.8 Å². The molecule has 0 saturated heterocycles. The summed E-state index contributed by atoms with van der Waals surface area (Å²) in [5, 5.41) is 0. The lowest BCUT2D eigenvalue weighted by Crippen LogP contribution is -2.37. The number of benzene rings is 1. The van der Waals surface area contributed by atoms with Gasteiger partial charge < -0.3 is 5.73 Å². The molecule has 0 radical (unpaired) electrons. The molecule has 0 spiro atoms. The first-order valence-electron chi connectivity index (χ1n) is 6.63. The van der Waals surface area contributed by atoms with Crippen LogP contribution in [-0.2, 0) is 0 Å². The summed E-state index contributed by atoms with van der Waals surface area (Å²) in [6.45, 7) is 7.46. The van der Waals surface area contributed by atoms with E-state index in [-0.39, 0.29) is 0 Å². The third kappa shape index (κ3) is 4.38. The third-order valence-corrected chi connectivity index (χ3v) is 4.01. The van der Waals surface area contributed by atoms with Crippen molar-refractivity contribution in [1.29, 1.82) is 0 Å². The van der Waals surface area contributed by atoms with Gasteiger partial charge in [0, 0.05) is 23.1 Å². The molecule has 102 valence electrons. The van der Waals surface area contributed by atoms with Gasteiger partial charge in [-0.2, -0.15) is 0 Å². The Balaban J connectivity index is 2.79. The topological polar surface area (TPSA) is 29.3 Å². The van der Waals surface area contributed by atoms with Crippen LogP contribution in [0.3, 0.4) is 0 Å². The van der Waals surface area contributed by atoms with E-state index < -0.39 is 0 Å². The molecule has 0 heterocycles. The first-order valence-corrected chi connectivity index (χ1v) is 7.42. The molecule has 1 aromatic carbocycles. The molecule has 2 atom stereocenters. The van der Waals surface area contributed by atoms with E-state index in [4.69, 9.17) is 5.73 Å². The van der Waals surface area contributed by atoms with Gasteiger partial charge in [0.25, 0.3) is 0 Å². The zero-order valence-electron chi connectivity index (χ0n) is 11.9. The molecule has 1 aromatic rings. The molecular formula is C15H25BrN2. The molecular weight excluding hydrogens is 288 g/mol. The van der Waals surface area contributed by atoms with Gasteiger partial charge in [-0.3, -0.25) is 4.90 Å². The summed E-state index contributed by atoms with van der Waals surface area (Å²) in [5.41, 5.74) is 7.25. The lowest BCUT2D eigenvalue weighted by atomic mass is 10.00. The van der Waals surface area contributed by atoms with Crippen molar-refractivity contribution in [2.75, 3.05) is 13.6 Å². The first kappa shape index (κ1) is 15.7. The molecule has 3 heteroatoms. The average Bonchev–Trinajstić information content (AvgIpc) is 2.31. The number of hydrogen-bond donors (Lipinski definition) is 1. The van der Waals surface area contributed by atoms with E-state index in [1.54, 1.807) is 0 Å². The van der Waals surface area contributed by atoms with Gasteiger partial charge in [-0.1, -0.05) is 41.9 Å². The van der Waals surface area contributed by atoms with Crippen LogP contribution in [0, 0.1) is 5.92 Å². The van der Waals surface area contributed by atoms with E-state index in [1.807, 2.05) is 0 Å². The monoisotopic (exact) mass is 312 g/mol. The maximum Gasteiger partial charge on any atom is 0.0470 e. The van der Waals surface area contributed by atoms with Crippen LogP contribution in [-0.4, -0.2) is 24.5 Å². The summed E-state index contributed by atoms with van der Waals surface area (Å²) in [6, 6.07) is 9.31. The zero-order valence-corrected chi connectivity index (χ0v) is 13.4. The number of halogens is 1. The van der Waals surface area contributed by atoms with E-state index in [9.17, 15) is 0 Å². The van der Waals surface area contributed by atoms with Crippen molar-refractivity contribution in [2.24, 2.45) is 11.7 Å². The molecule has 0 fully saturated rings. The first-order chi connectivity index (χ1) is 8.45. The second-order valence-electron chi connectivity index (χ2n) is 5.45. The Morgan fingerprint density at radius 2 is 1.72 bits per heavy atom. The maximum absolute atomic E-state index is 5.96. The van der Waals surface area contributed by atoms with Crippen LogP contribution < -0.4 is 5.73 Å². The fraction of sp³-hybridized carbons (Fsp3) is 0.600. The van der Waals surface area contributed by atoms with E-state index in [0.717, 1.165) is 4.47 Å². The highest BCUT2D eigenvalue weighted by atomic mass is 79.9. The number of likely N-dealkylation sites (N-methyl/N-ethyl adjacent to an activating group) is 1. The number of hydrogen-bond acceptors (Lipinski definition) is 2. The highest BCUT2D eigenvalue weighted by Crippen LogP contribution is 2.24. The number of rotatable bonds is 6. The largest absolute Gasteiger partial charge is 0.329 e. The van der Waals surface area contributed by atoms with Crippen LogP contribution >= 0.6 is 15.9 Å². The Morgan fingerprint density at radius 1 is 1.17 bits per heavy atom. The summed E-state index contributed by atoms with van der Waals surface area (Å²) in [7, 11) is 2.17. The average molecular weight is 313 g/mol. The molecule has 0 bridgehead atoms. The highest BCUT2D eigenvalue weighted by molar-refractivity contribution is 9.10. The summed E-state index contributed by atoms with van der Waals surface area (Å²) in [6.07, 6.45) is 1.20. The number of nitrogens with zero attached hydrogens (tertiary/aromatic N) is 1. The van der Waals surface area contributed by atoms with Gasteiger partial charge in [0.15, 0.2) is 0 Å². The zero-order chi connectivity index (χ0) is 13.7. The summed E-state index contributed by atoms with van der Waals surface area (Å²) in [5.74, 6) is 0.714. The molecule has 2 nitrogen and oxygen atoms in total. The Kier molecular flexibility index (Phi) is 6.33. The van der Waals surface area contributed by atoms with E-state index in [2.05, 4.69) is 72.9 Å².